The zero-order chi connectivity index (χ0) is 14.0. The lowest BCUT2D eigenvalue weighted by Crippen LogP contribution is -2.48. The molecule has 19 heavy (non-hydrogen) atoms. The van der Waals surface area contributed by atoms with Crippen molar-refractivity contribution in [1.82, 2.24) is 4.90 Å². The fourth-order valence-electron chi connectivity index (χ4n) is 1.93. The maximum absolute atomic E-state index is 11.7. The molecule has 4 heteroatoms. The van der Waals surface area contributed by atoms with Crippen LogP contribution in [0.5, 0.6) is 0 Å². The van der Waals surface area contributed by atoms with E-state index in [1.54, 1.807) is 25.7 Å². The van der Waals surface area contributed by atoms with E-state index in [9.17, 15) is 9.59 Å². The summed E-state index contributed by atoms with van der Waals surface area (Å²) in [5.41, 5.74) is 0.532. The Bertz CT molecular complexity index is 476. The molecule has 1 saturated heterocycles. The molecule has 1 amide bonds. The highest BCUT2D eigenvalue weighted by Gasteiger charge is 2.38. The predicted molar refractivity (Wildman–Crippen MR) is 71.1 cm³/mol. The molecule has 102 valence electrons. The molecule has 0 saturated carbocycles. The van der Waals surface area contributed by atoms with Gasteiger partial charge in [-0.25, -0.2) is 0 Å². The minimum absolute atomic E-state index is 0.0237. The average molecular weight is 261 g/mol. The Kier molecular flexibility index (Phi) is 3.60. The second-order valence-corrected chi connectivity index (χ2v) is 5.81. The Hall–Kier alpha value is -1.84. The smallest absolute Gasteiger partial charge is 0.312 e. The van der Waals surface area contributed by atoms with E-state index in [2.05, 4.69) is 0 Å². The third-order valence-electron chi connectivity index (χ3n) is 3.20. The van der Waals surface area contributed by atoms with Gasteiger partial charge in [-0.05, 0) is 26.3 Å². The van der Waals surface area contributed by atoms with E-state index in [1.165, 1.54) is 0 Å². The molecule has 0 radical (unpaired) electrons. The van der Waals surface area contributed by atoms with Crippen LogP contribution in [0.25, 0.3) is 0 Å². The predicted octanol–water partition coefficient (Wildman–Crippen LogP) is 2.51. The Labute approximate surface area is 113 Å². The van der Waals surface area contributed by atoms with Crippen LogP contribution in [0.15, 0.2) is 30.3 Å². The van der Waals surface area contributed by atoms with Gasteiger partial charge in [-0.3, -0.25) is 9.59 Å². The monoisotopic (exact) mass is 261 g/mol. The molecule has 1 aliphatic heterocycles. The lowest BCUT2D eigenvalue weighted by Gasteiger charge is -2.40. The first kappa shape index (κ1) is 13.6. The van der Waals surface area contributed by atoms with Crippen molar-refractivity contribution in [3.05, 3.63) is 35.9 Å². The standard InChI is InChI=1S/C15H19NO3/c1-15(2,3)14(18)19-10-16-12(9-13(16)17)11-7-5-4-6-8-11/h4-8,12H,9-10H2,1-3H3/t12-/m0/s1. The van der Waals surface area contributed by atoms with Gasteiger partial charge in [0, 0.05) is 0 Å². The molecule has 0 aliphatic carbocycles. The van der Waals surface area contributed by atoms with E-state index in [4.69, 9.17) is 4.74 Å². The van der Waals surface area contributed by atoms with Crippen LogP contribution in [0.4, 0.5) is 0 Å². The second kappa shape index (κ2) is 5.03. The maximum Gasteiger partial charge on any atom is 0.312 e. The van der Waals surface area contributed by atoms with Gasteiger partial charge in [0.05, 0.1) is 17.9 Å². The number of carbonyl (C=O) groups is 2. The van der Waals surface area contributed by atoms with Crippen LogP contribution in [0, 0.1) is 5.41 Å². The van der Waals surface area contributed by atoms with Gasteiger partial charge in [0.2, 0.25) is 5.91 Å². The van der Waals surface area contributed by atoms with Crippen LogP contribution >= 0.6 is 0 Å². The molecular weight excluding hydrogens is 242 g/mol. The minimum Gasteiger partial charge on any atom is -0.444 e. The average Bonchev–Trinajstić information content (AvgIpc) is 2.35. The maximum atomic E-state index is 11.7. The highest BCUT2D eigenvalue weighted by atomic mass is 16.5. The molecule has 0 bridgehead atoms. The number of hydrogen-bond acceptors (Lipinski definition) is 3. The minimum atomic E-state index is -0.545. The Morgan fingerprint density at radius 3 is 2.47 bits per heavy atom. The molecule has 1 aliphatic rings. The molecule has 4 nitrogen and oxygen atoms in total. The van der Waals surface area contributed by atoms with Crippen LogP contribution < -0.4 is 0 Å². The number of carbonyl (C=O) groups excluding carboxylic acids is 2. The first-order valence-corrected chi connectivity index (χ1v) is 6.41. The van der Waals surface area contributed by atoms with E-state index in [-0.39, 0.29) is 24.6 Å². The zero-order valence-corrected chi connectivity index (χ0v) is 11.6. The summed E-state index contributed by atoms with van der Waals surface area (Å²) in [5.74, 6) is -0.269. The summed E-state index contributed by atoms with van der Waals surface area (Å²) in [6.45, 7) is 5.42. The van der Waals surface area contributed by atoms with Crippen molar-refractivity contribution in [1.29, 1.82) is 0 Å². The van der Waals surface area contributed by atoms with Crippen LogP contribution in [0.1, 0.15) is 38.8 Å². The summed E-state index contributed by atoms with van der Waals surface area (Å²) in [6, 6.07) is 9.82. The number of esters is 1. The van der Waals surface area contributed by atoms with E-state index in [0.29, 0.717) is 6.42 Å². The highest BCUT2D eigenvalue weighted by molar-refractivity contribution is 5.84. The third kappa shape index (κ3) is 2.95. The Balaban J connectivity index is 1.96. The molecule has 1 atom stereocenters. The van der Waals surface area contributed by atoms with Crippen molar-refractivity contribution in [2.24, 2.45) is 5.41 Å². The van der Waals surface area contributed by atoms with Gasteiger partial charge >= 0.3 is 5.97 Å². The van der Waals surface area contributed by atoms with Crippen LogP contribution in [-0.4, -0.2) is 23.5 Å². The van der Waals surface area contributed by atoms with Crippen molar-refractivity contribution in [2.45, 2.75) is 33.2 Å². The highest BCUT2D eigenvalue weighted by Crippen LogP contribution is 2.34. The number of β-lactam (4-membered cyclic amide) rings is 1. The zero-order valence-electron chi connectivity index (χ0n) is 11.6. The summed E-state index contributed by atoms with van der Waals surface area (Å²) >= 11 is 0. The van der Waals surface area contributed by atoms with Crippen LogP contribution in [0.2, 0.25) is 0 Å². The summed E-state index contributed by atoms with van der Waals surface area (Å²) in [7, 11) is 0. The number of likely N-dealkylation sites (tertiary alicyclic amines) is 1. The lowest BCUT2D eigenvalue weighted by molar-refractivity contribution is -0.170. The molecule has 0 aromatic heterocycles. The van der Waals surface area contributed by atoms with Crippen molar-refractivity contribution in [2.75, 3.05) is 6.73 Å². The normalized spacial score (nSPS) is 19.0. The molecule has 0 unspecified atom stereocenters. The quantitative estimate of drug-likeness (QED) is 0.620. The van der Waals surface area contributed by atoms with Crippen LogP contribution in [-0.2, 0) is 14.3 Å². The fraction of sp³-hybridized carbons (Fsp3) is 0.467. The summed E-state index contributed by atoms with van der Waals surface area (Å²) in [5, 5.41) is 0. The van der Waals surface area contributed by atoms with Crippen molar-refractivity contribution >= 4 is 11.9 Å². The van der Waals surface area contributed by atoms with E-state index >= 15 is 0 Å². The summed E-state index contributed by atoms with van der Waals surface area (Å²) < 4.78 is 5.20. The third-order valence-corrected chi connectivity index (χ3v) is 3.20. The van der Waals surface area contributed by atoms with Gasteiger partial charge in [0.1, 0.15) is 0 Å². The first-order valence-electron chi connectivity index (χ1n) is 6.41. The second-order valence-electron chi connectivity index (χ2n) is 5.81. The van der Waals surface area contributed by atoms with Crippen molar-refractivity contribution in [3.63, 3.8) is 0 Å². The Morgan fingerprint density at radius 1 is 1.32 bits per heavy atom. The van der Waals surface area contributed by atoms with Crippen molar-refractivity contribution < 1.29 is 14.3 Å². The summed E-state index contributed by atoms with van der Waals surface area (Å²) in [6.07, 6.45) is 0.483. The first-order chi connectivity index (χ1) is 8.89. The number of benzene rings is 1. The van der Waals surface area contributed by atoms with Gasteiger partial charge in [0.25, 0.3) is 0 Å². The number of nitrogens with zero attached hydrogens (tertiary/aromatic N) is 1. The molecular formula is C15H19NO3. The number of ether oxygens (including phenoxy) is 1. The van der Waals surface area contributed by atoms with Gasteiger partial charge in [0.15, 0.2) is 6.73 Å². The van der Waals surface area contributed by atoms with Crippen molar-refractivity contribution in [3.8, 4) is 0 Å². The van der Waals surface area contributed by atoms with Gasteiger partial charge in [-0.1, -0.05) is 30.3 Å². The van der Waals surface area contributed by atoms with Gasteiger partial charge in [-0.15, -0.1) is 0 Å². The number of amides is 1. The lowest BCUT2D eigenvalue weighted by atomic mass is 9.94. The molecule has 0 spiro atoms. The molecule has 1 aromatic carbocycles. The SMILES string of the molecule is CC(C)(C)C(=O)OCN1C(=O)C[C@H]1c1ccccc1. The van der Waals surface area contributed by atoms with E-state index in [1.807, 2.05) is 30.3 Å². The number of hydrogen-bond donors (Lipinski definition) is 0. The topological polar surface area (TPSA) is 46.6 Å². The molecule has 2 rings (SSSR count). The summed E-state index contributed by atoms with van der Waals surface area (Å²) in [4.78, 5) is 24.9. The molecule has 1 aromatic rings. The molecule has 0 N–H and O–H groups in total. The van der Waals surface area contributed by atoms with E-state index in [0.717, 1.165) is 5.56 Å². The Morgan fingerprint density at radius 2 is 1.95 bits per heavy atom. The largest absolute Gasteiger partial charge is 0.444 e. The van der Waals surface area contributed by atoms with Gasteiger partial charge < -0.3 is 9.64 Å². The van der Waals surface area contributed by atoms with Gasteiger partial charge in [-0.2, -0.15) is 0 Å². The molecule has 1 fully saturated rings. The van der Waals surface area contributed by atoms with E-state index < -0.39 is 5.41 Å². The number of rotatable bonds is 3. The fourth-order valence-corrected chi connectivity index (χ4v) is 1.93. The van der Waals surface area contributed by atoms with Crippen LogP contribution in [0.3, 0.4) is 0 Å². The molecule has 1 heterocycles.